The van der Waals surface area contributed by atoms with Gasteiger partial charge in [0.2, 0.25) is 0 Å². The van der Waals surface area contributed by atoms with Gasteiger partial charge in [-0.05, 0) is 48.5 Å². The average molecular weight is 295 g/mol. The Morgan fingerprint density at radius 3 is 2.76 bits per heavy atom. The van der Waals surface area contributed by atoms with E-state index in [4.69, 9.17) is 0 Å². The van der Waals surface area contributed by atoms with Crippen LogP contribution < -0.4 is 5.32 Å². The number of thioether (sulfide) groups is 1. The normalized spacial score (nSPS) is 18.2. The first-order valence-electron chi connectivity index (χ1n) is 6.48. The Labute approximate surface area is 127 Å². The van der Waals surface area contributed by atoms with Gasteiger partial charge in [0.15, 0.2) is 5.17 Å². The number of pyridine rings is 1. The number of aromatic nitrogens is 1. The summed E-state index contributed by atoms with van der Waals surface area (Å²) in [5.41, 5.74) is 2.69. The van der Waals surface area contributed by atoms with Crippen LogP contribution in [0.2, 0.25) is 0 Å². The van der Waals surface area contributed by atoms with Crippen molar-refractivity contribution in [2.75, 3.05) is 0 Å². The van der Waals surface area contributed by atoms with Crippen LogP contribution in [0.25, 0.3) is 6.08 Å². The zero-order valence-electron chi connectivity index (χ0n) is 11.4. The summed E-state index contributed by atoms with van der Waals surface area (Å²) in [6, 6.07) is 13.4. The summed E-state index contributed by atoms with van der Waals surface area (Å²) in [7, 11) is 0. The van der Waals surface area contributed by atoms with E-state index in [9.17, 15) is 4.79 Å². The lowest BCUT2D eigenvalue weighted by atomic mass is 10.2. The molecule has 0 aliphatic carbocycles. The minimum Gasteiger partial charge on any atom is -0.300 e. The van der Waals surface area contributed by atoms with Gasteiger partial charge in [0, 0.05) is 6.20 Å². The van der Waals surface area contributed by atoms with Crippen molar-refractivity contribution in [2.45, 2.75) is 6.92 Å². The Morgan fingerprint density at radius 1 is 1.19 bits per heavy atom. The Bertz CT molecular complexity index is 738. The SMILES string of the molecule is Cc1ccccc1N=C1NC(=O)/C(=C\c2ccccn2)S1. The van der Waals surface area contributed by atoms with Gasteiger partial charge in [0.1, 0.15) is 0 Å². The van der Waals surface area contributed by atoms with E-state index in [0.717, 1.165) is 16.9 Å². The van der Waals surface area contributed by atoms with Gasteiger partial charge in [-0.1, -0.05) is 24.3 Å². The third-order valence-corrected chi connectivity index (χ3v) is 3.86. The second-order valence-corrected chi connectivity index (χ2v) is 5.55. The fourth-order valence-corrected chi connectivity index (χ4v) is 2.69. The summed E-state index contributed by atoms with van der Waals surface area (Å²) in [6.45, 7) is 1.99. The first-order valence-corrected chi connectivity index (χ1v) is 7.30. The van der Waals surface area contributed by atoms with E-state index >= 15 is 0 Å². The number of aryl methyl sites for hydroxylation is 1. The molecule has 1 aliphatic heterocycles. The molecule has 5 heteroatoms. The number of aliphatic imine (C=N–C) groups is 1. The van der Waals surface area contributed by atoms with Gasteiger partial charge in [0.05, 0.1) is 16.3 Å². The number of amides is 1. The number of para-hydroxylation sites is 1. The number of amidine groups is 1. The van der Waals surface area contributed by atoms with Crippen molar-refractivity contribution in [3.05, 3.63) is 64.8 Å². The quantitative estimate of drug-likeness (QED) is 0.865. The van der Waals surface area contributed by atoms with E-state index in [-0.39, 0.29) is 5.91 Å². The summed E-state index contributed by atoms with van der Waals surface area (Å²) in [5.74, 6) is -0.141. The minimum atomic E-state index is -0.141. The fourth-order valence-electron chi connectivity index (χ4n) is 1.87. The molecule has 1 aliphatic rings. The van der Waals surface area contributed by atoms with E-state index in [2.05, 4.69) is 15.3 Å². The van der Waals surface area contributed by atoms with E-state index in [0.29, 0.717) is 10.1 Å². The molecule has 1 amide bonds. The van der Waals surface area contributed by atoms with Crippen LogP contribution in [0.3, 0.4) is 0 Å². The van der Waals surface area contributed by atoms with Crippen LogP contribution in [0.1, 0.15) is 11.3 Å². The third-order valence-electron chi connectivity index (χ3n) is 2.96. The largest absolute Gasteiger partial charge is 0.300 e. The lowest BCUT2D eigenvalue weighted by Gasteiger charge is -1.99. The van der Waals surface area contributed by atoms with Crippen LogP contribution in [0.4, 0.5) is 5.69 Å². The molecule has 3 rings (SSSR count). The van der Waals surface area contributed by atoms with Crippen molar-refractivity contribution in [1.29, 1.82) is 0 Å². The Kier molecular flexibility index (Phi) is 3.83. The molecule has 4 nitrogen and oxygen atoms in total. The molecule has 0 saturated carbocycles. The lowest BCUT2D eigenvalue weighted by molar-refractivity contribution is -0.115. The Balaban J connectivity index is 1.85. The first kappa shape index (κ1) is 13.6. The molecular weight excluding hydrogens is 282 g/mol. The van der Waals surface area contributed by atoms with Crippen LogP contribution >= 0.6 is 11.8 Å². The average Bonchev–Trinajstić information content (AvgIpc) is 2.82. The zero-order valence-corrected chi connectivity index (χ0v) is 12.2. The maximum Gasteiger partial charge on any atom is 0.264 e. The second kappa shape index (κ2) is 5.93. The first-order chi connectivity index (χ1) is 10.2. The topological polar surface area (TPSA) is 54.4 Å². The smallest absolute Gasteiger partial charge is 0.264 e. The highest BCUT2D eigenvalue weighted by Crippen LogP contribution is 2.28. The minimum absolute atomic E-state index is 0.141. The Hall–Kier alpha value is -2.40. The van der Waals surface area contributed by atoms with Gasteiger partial charge in [-0.15, -0.1) is 0 Å². The number of rotatable bonds is 2. The predicted octanol–water partition coefficient (Wildman–Crippen LogP) is 3.28. The van der Waals surface area contributed by atoms with Crippen molar-refractivity contribution in [3.63, 3.8) is 0 Å². The highest BCUT2D eigenvalue weighted by molar-refractivity contribution is 8.18. The van der Waals surface area contributed by atoms with Crippen molar-refractivity contribution in [1.82, 2.24) is 10.3 Å². The molecule has 1 aromatic heterocycles. The van der Waals surface area contributed by atoms with E-state index in [1.54, 1.807) is 12.3 Å². The van der Waals surface area contributed by atoms with Crippen LogP contribution in [0.15, 0.2) is 58.6 Å². The highest BCUT2D eigenvalue weighted by atomic mass is 32.2. The monoisotopic (exact) mass is 295 g/mol. The standard InChI is InChI=1S/C16H13N3OS/c1-11-6-2-3-8-13(11)18-16-19-15(20)14(21-16)10-12-7-4-5-9-17-12/h2-10H,1H3,(H,18,19,20)/b14-10+. The number of benzene rings is 1. The third kappa shape index (κ3) is 3.20. The van der Waals surface area contributed by atoms with Gasteiger partial charge in [-0.2, -0.15) is 0 Å². The van der Waals surface area contributed by atoms with Crippen LogP contribution in [-0.4, -0.2) is 16.1 Å². The molecule has 1 aromatic carbocycles. The van der Waals surface area contributed by atoms with Gasteiger partial charge in [0.25, 0.3) is 5.91 Å². The lowest BCUT2D eigenvalue weighted by Crippen LogP contribution is -2.19. The molecular formula is C16H13N3OS. The summed E-state index contributed by atoms with van der Waals surface area (Å²) in [6.07, 6.45) is 3.46. The van der Waals surface area contributed by atoms with E-state index in [1.165, 1.54) is 11.8 Å². The molecule has 1 saturated heterocycles. The van der Waals surface area contributed by atoms with E-state index < -0.39 is 0 Å². The zero-order chi connectivity index (χ0) is 14.7. The number of carbonyl (C=O) groups excluding carboxylic acids is 1. The summed E-state index contributed by atoms with van der Waals surface area (Å²) >= 11 is 1.33. The van der Waals surface area contributed by atoms with Crippen LogP contribution in [-0.2, 0) is 4.79 Å². The summed E-state index contributed by atoms with van der Waals surface area (Å²) in [5, 5.41) is 3.37. The molecule has 104 valence electrons. The molecule has 0 radical (unpaired) electrons. The number of hydrogen-bond donors (Lipinski definition) is 1. The molecule has 1 N–H and O–H groups in total. The molecule has 0 unspecified atom stereocenters. The molecule has 0 atom stereocenters. The van der Waals surface area contributed by atoms with Crippen molar-refractivity contribution in [2.24, 2.45) is 4.99 Å². The van der Waals surface area contributed by atoms with Crippen molar-refractivity contribution >= 4 is 34.6 Å². The summed E-state index contributed by atoms with van der Waals surface area (Å²) in [4.78, 5) is 21.2. The van der Waals surface area contributed by atoms with Crippen LogP contribution in [0, 0.1) is 6.92 Å². The molecule has 2 aromatic rings. The van der Waals surface area contributed by atoms with Gasteiger partial charge >= 0.3 is 0 Å². The Morgan fingerprint density at radius 2 is 2.00 bits per heavy atom. The molecule has 0 spiro atoms. The van der Waals surface area contributed by atoms with Gasteiger partial charge < -0.3 is 5.32 Å². The number of nitrogens with one attached hydrogen (secondary N) is 1. The predicted molar refractivity (Wildman–Crippen MR) is 86.2 cm³/mol. The van der Waals surface area contributed by atoms with Gasteiger partial charge in [-0.25, -0.2) is 4.99 Å². The van der Waals surface area contributed by atoms with Gasteiger partial charge in [-0.3, -0.25) is 9.78 Å². The maximum atomic E-state index is 12.0. The van der Waals surface area contributed by atoms with Crippen molar-refractivity contribution < 1.29 is 4.79 Å². The van der Waals surface area contributed by atoms with Crippen LogP contribution in [0.5, 0.6) is 0 Å². The maximum absolute atomic E-state index is 12.0. The molecule has 2 heterocycles. The molecule has 0 bridgehead atoms. The number of nitrogens with zero attached hydrogens (tertiary/aromatic N) is 2. The van der Waals surface area contributed by atoms with E-state index in [1.807, 2.05) is 49.4 Å². The highest BCUT2D eigenvalue weighted by Gasteiger charge is 2.24. The fraction of sp³-hybridized carbons (Fsp3) is 0.0625. The summed E-state index contributed by atoms with van der Waals surface area (Å²) < 4.78 is 0. The second-order valence-electron chi connectivity index (χ2n) is 4.52. The van der Waals surface area contributed by atoms with Crippen molar-refractivity contribution in [3.8, 4) is 0 Å². The molecule has 1 fully saturated rings. The molecule has 21 heavy (non-hydrogen) atoms. The number of carbonyl (C=O) groups is 1. The number of hydrogen-bond acceptors (Lipinski definition) is 4.